The molecule has 0 spiro atoms. The van der Waals surface area contributed by atoms with E-state index in [2.05, 4.69) is 11.9 Å². The first-order valence-electron chi connectivity index (χ1n) is 7.51. The minimum atomic E-state index is -0.0790. The van der Waals surface area contributed by atoms with E-state index in [0.29, 0.717) is 18.7 Å². The zero-order valence-electron chi connectivity index (χ0n) is 13.2. The van der Waals surface area contributed by atoms with Gasteiger partial charge in [-0.3, -0.25) is 4.79 Å². The van der Waals surface area contributed by atoms with Gasteiger partial charge in [-0.2, -0.15) is 0 Å². The Morgan fingerprint density at radius 1 is 1.22 bits per heavy atom. The first kappa shape index (κ1) is 17.2. The number of ether oxygens (including phenoxy) is 1. The molecule has 0 fully saturated rings. The lowest BCUT2D eigenvalue weighted by Crippen LogP contribution is -2.28. The molecule has 0 aliphatic heterocycles. The number of benzene rings is 2. The number of carbonyl (C=O) groups is 1. The van der Waals surface area contributed by atoms with Crippen molar-refractivity contribution in [2.24, 2.45) is 0 Å². The molecule has 0 atom stereocenters. The molecule has 0 radical (unpaired) electrons. The van der Waals surface area contributed by atoms with E-state index in [-0.39, 0.29) is 5.91 Å². The van der Waals surface area contributed by atoms with Gasteiger partial charge >= 0.3 is 0 Å². The normalized spacial score (nSPS) is 10.1. The Labute approximate surface area is 141 Å². The minimum Gasteiger partial charge on any atom is -0.492 e. The van der Waals surface area contributed by atoms with Gasteiger partial charge in [-0.25, -0.2) is 0 Å². The molecule has 0 aliphatic rings. The molecule has 0 bridgehead atoms. The van der Waals surface area contributed by atoms with Crippen LogP contribution in [0.25, 0.3) is 0 Å². The van der Waals surface area contributed by atoms with E-state index in [1.165, 1.54) is 5.56 Å². The summed E-state index contributed by atoms with van der Waals surface area (Å²) in [5, 5.41) is 2.89. The number of rotatable bonds is 8. The minimum absolute atomic E-state index is 0.0790. The fourth-order valence-corrected chi connectivity index (χ4v) is 2.78. The molecule has 0 aromatic heterocycles. The van der Waals surface area contributed by atoms with Crippen LogP contribution in [0.4, 0.5) is 0 Å². The molecular weight excluding hydrogens is 306 g/mol. The third-order valence-electron chi connectivity index (χ3n) is 3.17. The van der Waals surface area contributed by atoms with Gasteiger partial charge in [0.15, 0.2) is 0 Å². The third-order valence-corrected chi connectivity index (χ3v) is 4.24. The van der Waals surface area contributed by atoms with Crippen molar-refractivity contribution >= 4 is 17.7 Å². The summed E-state index contributed by atoms with van der Waals surface area (Å²) in [6, 6.07) is 15.4. The maximum atomic E-state index is 12.3. The summed E-state index contributed by atoms with van der Waals surface area (Å²) in [6.45, 7) is 6.65. The molecule has 0 aliphatic carbocycles. The largest absolute Gasteiger partial charge is 0.492 e. The summed E-state index contributed by atoms with van der Waals surface area (Å²) in [4.78, 5) is 13.2. The Balaban J connectivity index is 1.82. The first-order chi connectivity index (χ1) is 11.2. The maximum Gasteiger partial charge on any atom is 0.252 e. The van der Waals surface area contributed by atoms with Gasteiger partial charge in [-0.15, -0.1) is 18.3 Å². The highest BCUT2D eigenvalue weighted by Gasteiger charge is 2.10. The van der Waals surface area contributed by atoms with Gasteiger partial charge < -0.3 is 10.1 Å². The van der Waals surface area contributed by atoms with E-state index in [1.807, 2.05) is 61.5 Å². The van der Waals surface area contributed by atoms with Crippen LogP contribution in [0.15, 0.2) is 66.1 Å². The van der Waals surface area contributed by atoms with Crippen LogP contribution >= 0.6 is 11.8 Å². The molecule has 0 saturated carbocycles. The highest BCUT2D eigenvalue weighted by atomic mass is 32.2. The summed E-state index contributed by atoms with van der Waals surface area (Å²) in [5.41, 5.74) is 1.88. The monoisotopic (exact) mass is 327 g/mol. The van der Waals surface area contributed by atoms with Crippen LogP contribution in [-0.4, -0.2) is 24.8 Å². The molecule has 3 nitrogen and oxygen atoms in total. The molecule has 0 heterocycles. The predicted molar refractivity (Wildman–Crippen MR) is 96.4 cm³/mol. The molecule has 120 valence electrons. The Hall–Kier alpha value is -2.20. The standard InChI is InChI=1S/C19H21NO2S/c1-3-14-23-18-7-5-4-6-17(18)19(21)20-12-13-22-16-10-8-15(2)9-11-16/h3-11H,1,12-14H2,2H3,(H,20,21). The number of carbonyl (C=O) groups excluding carboxylic acids is 1. The van der Waals surface area contributed by atoms with Crippen molar-refractivity contribution in [3.05, 3.63) is 72.3 Å². The van der Waals surface area contributed by atoms with Crippen LogP contribution in [0, 0.1) is 6.92 Å². The summed E-state index contributed by atoms with van der Waals surface area (Å²) in [7, 11) is 0. The lowest BCUT2D eigenvalue weighted by molar-refractivity contribution is 0.0944. The van der Waals surface area contributed by atoms with Crippen molar-refractivity contribution in [1.29, 1.82) is 0 Å². The van der Waals surface area contributed by atoms with E-state index >= 15 is 0 Å². The number of thioether (sulfide) groups is 1. The van der Waals surface area contributed by atoms with Gasteiger partial charge in [0.1, 0.15) is 12.4 Å². The van der Waals surface area contributed by atoms with Crippen molar-refractivity contribution in [1.82, 2.24) is 5.32 Å². The van der Waals surface area contributed by atoms with Gasteiger partial charge in [0.05, 0.1) is 12.1 Å². The van der Waals surface area contributed by atoms with Crippen molar-refractivity contribution in [3.63, 3.8) is 0 Å². The average molecular weight is 327 g/mol. The Morgan fingerprint density at radius 3 is 2.70 bits per heavy atom. The van der Waals surface area contributed by atoms with E-state index in [9.17, 15) is 4.79 Å². The van der Waals surface area contributed by atoms with Gasteiger partial charge in [0.2, 0.25) is 0 Å². The quantitative estimate of drug-likeness (QED) is 0.451. The zero-order chi connectivity index (χ0) is 16.5. The summed E-state index contributed by atoms with van der Waals surface area (Å²) in [5.74, 6) is 1.51. The van der Waals surface area contributed by atoms with Crippen LogP contribution in [0.1, 0.15) is 15.9 Å². The second-order valence-electron chi connectivity index (χ2n) is 5.01. The van der Waals surface area contributed by atoms with Gasteiger partial charge in [-0.05, 0) is 31.2 Å². The van der Waals surface area contributed by atoms with E-state index in [0.717, 1.165) is 16.4 Å². The Bertz CT molecular complexity index is 653. The van der Waals surface area contributed by atoms with Crippen LogP contribution in [0.5, 0.6) is 5.75 Å². The molecule has 2 rings (SSSR count). The zero-order valence-corrected chi connectivity index (χ0v) is 14.1. The first-order valence-corrected chi connectivity index (χ1v) is 8.49. The molecular formula is C19H21NO2S. The van der Waals surface area contributed by atoms with Crippen molar-refractivity contribution in [2.45, 2.75) is 11.8 Å². The second-order valence-corrected chi connectivity index (χ2v) is 6.08. The lowest BCUT2D eigenvalue weighted by atomic mass is 10.2. The second kappa shape index (κ2) is 9.06. The van der Waals surface area contributed by atoms with E-state index < -0.39 is 0 Å². The summed E-state index contributed by atoms with van der Waals surface area (Å²) < 4.78 is 5.61. The van der Waals surface area contributed by atoms with E-state index in [4.69, 9.17) is 4.74 Å². The maximum absolute atomic E-state index is 12.3. The molecule has 1 N–H and O–H groups in total. The smallest absolute Gasteiger partial charge is 0.252 e. The SMILES string of the molecule is C=CCSc1ccccc1C(=O)NCCOc1ccc(C)cc1. The topological polar surface area (TPSA) is 38.3 Å². The number of hydrogen-bond donors (Lipinski definition) is 1. The van der Waals surface area contributed by atoms with E-state index in [1.54, 1.807) is 11.8 Å². The van der Waals surface area contributed by atoms with Crippen LogP contribution in [0.2, 0.25) is 0 Å². The van der Waals surface area contributed by atoms with Crippen molar-refractivity contribution < 1.29 is 9.53 Å². The summed E-state index contributed by atoms with van der Waals surface area (Å²) in [6.07, 6.45) is 1.83. The fourth-order valence-electron chi connectivity index (χ4n) is 1.99. The number of hydrogen-bond acceptors (Lipinski definition) is 3. The highest BCUT2D eigenvalue weighted by Crippen LogP contribution is 2.22. The molecule has 4 heteroatoms. The average Bonchev–Trinajstić information content (AvgIpc) is 2.58. The van der Waals surface area contributed by atoms with Crippen molar-refractivity contribution in [3.8, 4) is 5.75 Å². The van der Waals surface area contributed by atoms with Crippen LogP contribution in [0.3, 0.4) is 0 Å². The molecule has 0 saturated heterocycles. The number of amides is 1. The fraction of sp³-hybridized carbons (Fsp3) is 0.211. The highest BCUT2D eigenvalue weighted by molar-refractivity contribution is 7.99. The van der Waals surface area contributed by atoms with Crippen molar-refractivity contribution in [2.75, 3.05) is 18.9 Å². The van der Waals surface area contributed by atoms with Gasteiger partial charge in [0, 0.05) is 10.6 Å². The Kier molecular flexibility index (Phi) is 6.76. The van der Waals surface area contributed by atoms with Crippen LogP contribution < -0.4 is 10.1 Å². The van der Waals surface area contributed by atoms with Gasteiger partial charge in [-0.1, -0.05) is 35.9 Å². The lowest BCUT2D eigenvalue weighted by Gasteiger charge is -2.10. The van der Waals surface area contributed by atoms with Gasteiger partial charge in [0.25, 0.3) is 5.91 Å². The number of nitrogens with one attached hydrogen (secondary N) is 1. The Morgan fingerprint density at radius 2 is 1.96 bits per heavy atom. The van der Waals surface area contributed by atoms with Crippen LogP contribution in [-0.2, 0) is 0 Å². The molecule has 2 aromatic carbocycles. The third kappa shape index (κ3) is 5.49. The summed E-state index contributed by atoms with van der Waals surface area (Å²) >= 11 is 1.60. The molecule has 2 aromatic rings. The molecule has 0 unspecified atom stereocenters. The molecule has 1 amide bonds. The molecule has 23 heavy (non-hydrogen) atoms. The number of aryl methyl sites for hydroxylation is 1. The predicted octanol–water partition coefficient (Wildman–Crippen LogP) is 4.08.